The van der Waals surface area contributed by atoms with Gasteiger partial charge in [0.15, 0.2) is 24.1 Å². The molecule has 4 atom stereocenters. The first kappa shape index (κ1) is 84.0. The lowest BCUT2D eigenvalue weighted by Gasteiger charge is -2.14. The second-order valence-corrected chi connectivity index (χ2v) is 23.8. The fourth-order valence-corrected chi connectivity index (χ4v) is 11.2. The van der Waals surface area contributed by atoms with Gasteiger partial charge in [-0.2, -0.15) is 25.5 Å². The van der Waals surface area contributed by atoms with Crippen molar-refractivity contribution in [2.75, 3.05) is 77.6 Å². The van der Waals surface area contributed by atoms with Gasteiger partial charge >= 0.3 is 11.9 Å². The van der Waals surface area contributed by atoms with Crippen LogP contribution in [0.5, 0.6) is 28.7 Å². The van der Waals surface area contributed by atoms with Crippen LogP contribution in [0.2, 0.25) is 0 Å². The Morgan fingerprint density at radius 3 is 1.03 bits per heavy atom. The molecule has 4 N–H and O–H groups in total. The number of carbonyl (C=O) groups excluding carboxylic acids is 4. The molecule has 0 aliphatic heterocycles. The number of Topliss-reactive ketones (excluding diaryl/α,β-unsaturated/α-hetero) is 1. The van der Waals surface area contributed by atoms with Crippen molar-refractivity contribution in [3.05, 3.63) is 280 Å². The standard InChI is InChI=1S/C22H22BrN3O4.C13H14N2O3.C12H14N4O2.C12H12N2O3.C10H8N2O.C9H11BrO3/c1-28-19-11-15(12-20(29-2)21(19)23)13-24-14-18(27)22(30-3)16-5-7-17(8-6-16)26-10-4-9-25-26;1-17-12(13(16)18-2)10-4-6-11(7-5-10)15-9-3-8-14-15;1-18-11(12(17)15-13)9-3-5-10(6-4-9)16-8-2-7-14-16;1-17-11(12(15)16)9-3-5-10(6-4-9)14-8-2-7-13-14;13-8-9-2-4-10(5-3-9)12-7-1-6-11-12;1-11-6-4-7(12-2)9(10)8(5-6)13-3/h4-13,22H,14H2,1-3H3;3-9,12H,1-2H3;2-8,11H,13H2,1H3,(H,15,17);2-8,11H,1H3,(H,15,16);1-8H;4-5H,1-3H3. The summed E-state index contributed by atoms with van der Waals surface area (Å²) in [5.74, 6) is 6.49. The van der Waals surface area contributed by atoms with Crippen LogP contribution in [-0.4, -0.2) is 168 Å². The maximum Gasteiger partial charge on any atom is 0.339 e. The Morgan fingerprint density at radius 1 is 0.440 bits per heavy atom. The molecule has 0 fully saturated rings. The van der Waals surface area contributed by atoms with Gasteiger partial charge in [-0.1, -0.05) is 48.5 Å². The molecule has 5 aromatic heterocycles. The molecule has 12 aromatic rings. The zero-order chi connectivity index (χ0) is 78.6. The number of aromatic nitrogens is 10. The predicted octanol–water partition coefficient (Wildman–Crippen LogP) is 12.1. The number of hydrazine groups is 1. The number of nitrogens with two attached hydrogens (primary N) is 1. The van der Waals surface area contributed by atoms with E-state index in [1.807, 2.05) is 146 Å². The molecule has 0 bridgehead atoms. The highest BCUT2D eigenvalue weighted by molar-refractivity contribution is 9.11. The second-order valence-electron chi connectivity index (χ2n) is 22.2. The highest BCUT2D eigenvalue weighted by Gasteiger charge is 2.23. The number of esters is 1. The molecule has 0 spiro atoms. The first-order valence-corrected chi connectivity index (χ1v) is 34.3. The summed E-state index contributed by atoms with van der Waals surface area (Å²) in [6, 6.07) is 52.9. The number of carboxylic acids is 1. The Kier molecular flexibility index (Phi) is 33.9. The molecule has 1 amide bonds. The first-order chi connectivity index (χ1) is 52.9. The van der Waals surface area contributed by atoms with Crippen LogP contribution in [0.4, 0.5) is 0 Å². The number of nitrogens with one attached hydrogen (secondary N) is 1. The summed E-state index contributed by atoms with van der Waals surface area (Å²) in [6.45, 7) is -0.0138. The topological polar surface area (TPSA) is 337 Å². The fourth-order valence-electron chi connectivity index (χ4n) is 10.1. The van der Waals surface area contributed by atoms with Gasteiger partial charge in [0.2, 0.25) is 0 Å². The summed E-state index contributed by atoms with van der Waals surface area (Å²) in [6.07, 6.45) is 17.2. The monoisotopic (exact) mass is 1610 g/mol. The number of hydrogen-bond acceptors (Lipinski definition) is 22. The summed E-state index contributed by atoms with van der Waals surface area (Å²) in [7, 11) is 15.1. The van der Waals surface area contributed by atoms with Crippen molar-refractivity contribution in [3.63, 3.8) is 0 Å². The molecule has 0 aliphatic carbocycles. The highest BCUT2D eigenvalue weighted by Crippen LogP contribution is 2.39. The number of ketones is 1. The molecule has 4 unspecified atom stereocenters. The normalized spacial score (nSPS) is 11.6. The third-order valence-electron chi connectivity index (χ3n) is 15.5. The summed E-state index contributed by atoms with van der Waals surface area (Å²) >= 11 is 6.79. The number of rotatable bonds is 26. The smallest absolute Gasteiger partial charge is 0.339 e. The van der Waals surface area contributed by atoms with Crippen molar-refractivity contribution in [3.8, 4) is 57.2 Å². The van der Waals surface area contributed by atoms with E-state index in [2.05, 4.69) is 72.5 Å². The first-order valence-electron chi connectivity index (χ1n) is 32.7. The van der Waals surface area contributed by atoms with E-state index in [9.17, 15) is 24.0 Å². The number of aliphatic carboxylic acids is 1. The number of benzene rings is 7. The number of hydrogen-bond donors (Lipinski definition) is 3. The van der Waals surface area contributed by atoms with Crippen LogP contribution >= 0.6 is 31.9 Å². The molecule has 568 valence electrons. The SMILES string of the molecule is COC(=O)C(OC)c1ccc(-n2cccn2)cc1.COC(C(=O)NN)c1ccc(-n2cccn2)cc1.COC(C(=O)O)c1ccc(-n2cccn2)cc1.COc1cc(C=NCC(=O)C(OC)c2ccc(-n3cccn3)cc2)cc(OC)c1Br.COc1cc(OC)c(Br)c(OC)c1.O=Cc1ccc(-n2cccn2)cc1. The number of ether oxygens (including phenoxy) is 10. The van der Waals surface area contributed by atoms with Crippen LogP contribution in [0.15, 0.2) is 252 Å². The van der Waals surface area contributed by atoms with Gasteiger partial charge in [-0.05, 0) is 175 Å². The number of carboxylic acid groups (broad SMARTS) is 1. The van der Waals surface area contributed by atoms with Crippen LogP contribution in [0.25, 0.3) is 28.4 Å². The molecule has 31 heteroatoms. The lowest BCUT2D eigenvalue weighted by atomic mass is 10.0. The van der Waals surface area contributed by atoms with Crippen LogP contribution in [-0.2, 0) is 42.9 Å². The number of aliphatic imine (C=N–C) groups is 1. The van der Waals surface area contributed by atoms with Crippen molar-refractivity contribution in [2.24, 2.45) is 10.8 Å². The van der Waals surface area contributed by atoms with Crippen LogP contribution in [0.3, 0.4) is 0 Å². The summed E-state index contributed by atoms with van der Waals surface area (Å²) < 4.78 is 61.4. The van der Waals surface area contributed by atoms with E-state index in [0.717, 1.165) is 65.9 Å². The molecule has 0 saturated carbocycles. The lowest BCUT2D eigenvalue weighted by molar-refractivity contribution is -0.152. The van der Waals surface area contributed by atoms with Crippen molar-refractivity contribution in [1.29, 1.82) is 0 Å². The van der Waals surface area contributed by atoms with Crippen molar-refractivity contribution in [2.45, 2.75) is 24.4 Å². The van der Waals surface area contributed by atoms with E-state index in [1.54, 1.807) is 157 Å². The Bertz CT molecular complexity index is 4580. The quantitative estimate of drug-likeness (QED) is 0.0113. The van der Waals surface area contributed by atoms with Crippen molar-refractivity contribution < 1.29 is 76.4 Å². The number of amides is 1. The number of halogens is 2. The van der Waals surface area contributed by atoms with E-state index in [1.165, 1.54) is 35.5 Å². The number of methoxy groups -OCH3 is 10. The van der Waals surface area contributed by atoms with Crippen LogP contribution < -0.4 is 35.0 Å². The number of carbonyl (C=O) groups is 5. The van der Waals surface area contributed by atoms with Gasteiger partial charge in [0.1, 0.15) is 56.6 Å². The molecule has 0 saturated heterocycles. The second kappa shape index (κ2) is 44.0. The number of aldehydes is 1. The fraction of sp³-hybridized carbons (Fsp3) is 0.192. The Labute approximate surface area is 645 Å². The largest absolute Gasteiger partial charge is 0.496 e. The predicted molar refractivity (Wildman–Crippen MR) is 413 cm³/mol. The Hall–Kier alpha value is -12.2. The van der Waals surface area contributed by atoms with Crippen LogP contribution in [0, 0.1) is 0 Å². The lowest BCUT2D eigenvalue weighted by Crippen LogP contribution is -2.35. The Balaban J connectivity index is 0.000000187. The van der Waals surface area contributed by atoms with E-state index >= 15 is 0 Å². The zero-order valence-electron chi connectivity index (χ0n) is 61.0. The number of nitrogens with zero attached hydrogens (tertiary/aromatic N) is 11. The van der Waals surface area contributed by atoms with Gasteiger partial charge < -0.3 is 52.5 Å². The van der Waals surface area contributed by atoms with E-state index in [0.29, 0.717) is 39.9 Å². The van der Waals surface area contributed by atoms with Crippen molar-refractivity contribution >= 4 is 68.0 Å². The maximum atomic E-state index is 12.7. The van der Waals surface area contributed by atoms with Gasteiger partial charge in [-0.15, -0.1) is 0 Å². The molecule has 5 heterocycles. The molecule has 29 nitrogen and oxygen atoms in total. The van der Waals surface area contributed by atoms with Crippen LogP contribution in [0.1, 0.15) is 62.6 Å². The summed E-state index contributed by atoms with van der Waals surface area (Å²) in [4.78, 5) is 61.2. The van der Waals surface area contributed by atoms with Gasteiger partial charge in [-0.25, -0.2) is 38.8 Å². The van der Waals surface area contributed by atoms with E-state index in [4.69, 9.17) is 53.6 Å². The molecule has 109 heavy (non-hydrogen) atoms. The van der Waals surface area contributed by atoms with Gasteiger partial charge in [0, 0.05) is 114 Å². The zero-order valence-corrected chi connectivity index (χ0v) is 64.2. The maximum absolute atomic E-state index is 12.7. The molecule has 0 aliphatic rings. The third kappa shape index (κ3) is 24.1. The molecular weight excluding hydrogens is 1530 g/mol. The summed E-state index contributed by atoms with van der Waals surface area (Å²) in [5, 5.41) is 29.5. The molecule has 7 aromatic carbocycles. The van der Waals surface area contributed by atoms with Gasteiger partial charge in [-0.3, -0.25) is 24.8 Å². The van der Waals surface area contributed by atoms with E-state index in [-0.39, 0.29) is 18.2 Å². The summed E-state index contributed by atoms with van der Waals surface area (Å²) in [5.41, 5.74) is 10.9. The Morgan fingerprint density at radius 2 is 0.752 bits per heavy atom. The average Bonchev–Trinajstić information content (AvgIpc) is 1.87. The average molecular weight is 1620 g/mol. The van der Waals surface area contributed by atoms with Gasteiger partial charge in [0.25, 0.3) is 5.91 Å². The van der Waals surface area contributed by atoms with Gasteiger partial charge in [0.05, 0.1) is 71.1 Å². The minimum atomic E-state index is -1.00. The highest BCUT2D eigenvalue weighted by atomic mass is 79.9. The minimum Gasteiger partial charge on any atom is -0.496 e. The molecular formula is C78H81Br2N13O16. The molecule has 12 rings (SSSR count). The third-order valence-corrected chi connectivity index (χ3v) is 17.1. The molecule has 0 radical (unpaired) electrons. The van der Waals surface area contributed by atoms with Crippen molar-refractivity contribution in [1.82, 2.24) is 54.3 Å². The minimum absolute atomic E-state index is 0.0138. The van der Waals surface area contributed by atoms with E-state index < -0.39 is 36.4 Å².